The Kier molecular flexibility index (Phi) is 8.20. The molecule has 1 aromatic carbocycles. The van der Waals surface area contributed by atoms with Crippen molar-refractivity contribution in [3.63, 3.8) is 0 Å². The van der Waals surface area contributed by atoms with Crippen LogP contribution in [0.15, 0.2) is 66.2 Å². The van der Waals surface area contributed by atoms with E-state index < -0.39 is 35.2 Å². The SMILES string of the molecule is C=C[Si](C)(C)O[Si](O[SiH2]C=C(C)C)(O[Si](C)(C)C=C)c1ccccc1. The van der Waals surface area contributed by atoms with Gasteiger partial charge in [-0.25, -0.2) is 0 Å². The highest BCUT2D eigenvalue weighted by molar-refractivity contribution is 6.95. The molecule has 0 saturated heterocycles. The second-order valence-electron chi connectivity index (χ2n) is 7.33. The molecule has 25 heavy (non-hydrogen) atoms. The number of allylic oxidation sites excluding steroid dienone is 1. The van der Waals surface area contributed by atoms with Gasteiger partial charge in [-0.15, -0.1) is 13.2 Å². The summed E-state index contributed by atoms with van der Waals surface area (Å²) in [6, 6.07) is 10.2. The molecule has 0 saturated carbocycles. The standard InChI is InChI=1S/C18H32O3Si4/c1-9-23(5,6)20-25(19-22-16-17(3)4,21-24(7,8)10-2)18-14-12-11-13-15-18/h9-16H,1-2,22H2,3-8H3. The molecule has 0 aliphatic heterocycles. The Morgan fingerprint density at radius 3 is 1.80 bits per heavy atom. The zero-order chi connectivity index (χ0) is 19.1. The highest BCUT2D eigenvalue weighted by atomic mass is 28.5. The summed E-state index contributed by atoms with van der Waals surface area (Å²) in [6.07, 6.45) is 0. The first-order valence-corrected chi connectivity index (χ1v) is 17.7. The minimum Gasteiger partial charge on any atom is -0.415 e. The average molecular weight is 409 g/mol. The van der Waals surface area contributed by atoms with E-state index in [-0.39, 0.29) is 0 Å². The molecule has 0 N–H and O–H groups in total. The Bertz CT molecular complexity index is 586. The van der Waals surface area contributed by atoms with Gasteiger partial charge >= 0.3 is 8.80 Å². The van der Waals surface area contributed by atoms with Crippen molar-refractivity contribution >= 4 is 40.4 Å². The lowest BCUT2D eigenvalue weighted by Gasteiger charge is -2.40. The van der Waals surface area contributed by atoms with Gasteiger partial charge in [-0.2, -0.15) is 0 Å². The second kappa shape index (κ2) is 9.22. The molecule has 0 atom stereocenters. The molecule has 1 aromatic rings. The van der Waals surface area contributed by atoms with Crippen LogP contribution in [0, 0.1) is 0 Å². The van der Waals surface area contributed by atoms with Gasteiger partial charge in [0.15, 0.2) is 9.76 Å². The van der Waals surface area contributed by atoms with Crippen molar-refractivity contribution in [1.29, 1.82) is 0 Å². The largest absolute Gasteiger partial charge is 0.506 e. The summed E-state index contributed by atoms with van der Waals surface area (Å²) in [7, 11) is -8.21. The van der Waals surface area contributed by atoms with Crippen LogP contribution in [0.4, 0.5) is 0 Å². The van der Waals surface area contributed by atoms with Crippen molar-refractivity contribution in [1.82, 2.24) is 0 Å². The summed E-state index contributed by atoms with van der Waals surface area (Å²) in [5.41, 5.74) is 7.34. The topological polar surface area (TPSA) is 27.7 Å². The predicted octanol–water partition coefficient (Wildman–Crippen LogP) is 3.75. The molecule has 0 aromatic heterocycles. The van der Waals surface area contributed by atoms with Crippen molar-refractivity contribution in [3.8, 4) is 0 Å². The number of benzene rings is 1. The Labute approximate surface area is 159 Å². The summed E-state index contributed by atoms with van der Waals surface area (Å²) in [6.45, 7) is 20.6. The third-order valence-electron chi connectivity index (χ3n) is 3.67. The van der Waals surface area contributed by atoms with E-state index in [1.807, 2.05) is 29.6 Å². The van der Waals surface area contributed by atoms with Gasteiger partial charge < -0.3 is 12.3 Å². The highest BCUT2D eigenvalue weighted by Crippen LogP contribution is 2.23. The molecule has 0 aliphatic rings. The molecule has 0 heterocycles. The van der Waals surface area contributed by atoms with E-state index in [0.29, 0.717) is 0 Å². The van der Waals surface area contributed by atoms with E-state index in [1.54, 1.807) is 0 Å². The summed E-state index contributed by atoms with van der Waals surface area (Å²) in [5, 5.41) is 1.02. The van der Waals surface area contributed by atoms with E-state index in [9.17, 15) is 0 Å². The van der Waals surface area contributed by atoms with Gasteiger partial charge in [-0.05, 0) is 40.0 Å². The van der Waals surface area contributed by atoms with Gasteiger partial charge in [0.1, 0.15) is 0 Å². The van der Waals surface area contributed by atoms with Crippen molar-refractivity contribution in [2.75, 3.05) is 0 Å². The Hall–Kier alpha value is -0.812. The van der Waals surface area contributed by atoms with Crippen LogP contribution in [0.3, 0.4) is 0 Å². The normalized spacial score (nSPS) is 13.0. The molecule has 0 fully saturated rings. The molecule has 0 unspecified atom stereocenters. The first kappa shape index (κ1) is 22.2. The van der Waals surface area contributed by atoms with E-state index in [4.69, 9.17) is 12.3 Å². The first-order valence-electron chi connectivity index (χ1n) is 8.56. The molecule has 138 valence electrons. The Morgan fingerprint density at radius 1 is 0.920 bits per heavy atom. The zero-order valence-corrected chi connectivity index (χ0v) is 20.9. The van der Waals surface area contributed by atoms with Crippen molar-refractivity contribution < 1.29 is 12.3 Å². The maximum Gasteiger partial charge on any atom is 0.506 e. The number of hydrogen-bond donors (Lipinski definition) is 0. The number of hydrogen-bond acceptors (Lipinski definition) is 3. The molecule has 1 rings (SSSR count). The first-order chi connectivity index (χ1) is 11.6. The van der Waals surface area contributed by atoms with Crippen LogP contribution < -0.4 is 5.19 Å². The van der Waals surface area contributed by atoms with Crippen molar-refractivity contribution in [2.45, 2.75) is 40.0 Å². The molecular weight excluding hydrogens is 377 g/mol. The second-order valence-corrected chi connectivity index (χ2v) is 19.8. The monoisotopic (exact) mass is 408 g/mol. The van der Waals surface area contributed by atoms with Crippen molar-refractivity contribution in [2.24, 2.45) is 0 Å². The average Bonchev–Trinajstić information content (AvgIpc) is 2.54. The molecule has 3 nitrogen and oxygen atoms in total. The van der Waals surface area contributed by atoms with Gasteiger partial charge in [0.2, 0.25) is 16.6 Å². The zero-order valence-electron chi connectivity index (χ0n) is 16.5. The molecular formula is C18H32O3Si4. The smallest absolute Gasteiger partial charge is 0.415 e. The summed E-state index contributed by atoms with van der Waals surface area (Å²) < 4.78 is 19.9. The fourth-order valence-corrected chi connectivity index (χ4v) is 14.1. The molecule has 7 heteroatoms. The van der Waals surface area contributed by atoms with Crippen LogP contribution in [-0.4, -0.2) is 35.2 Å². The summed E-state index contributed by atoms with van der Waals surface area (Å²) >= 11 is 0. The van der Waals surface area contributed by atoms with Gasteiger partial charge in [0, 0.05) is 5.19 Å². The molecule has 0 aliphatic carbocycles. The van der Waals surface area contributed by atoms with Gasteiger partial charge in [0.05, 0.1) is 0 Å². The Morgan fingerprint density at radius 2 is 1.40 bits per heavy atom. The predicted molar refractivity (Wildman–Crippen MR) is 118 cm³/mol. The quantitative estimate of drug-likeness (QED) is 0.552. The Balaban J connectivity index is 3.41. The van der Waals surface area contributed by atoms with Crippen molar-refractivity contribution in [3.05, 3.63) is 66.2 Å². The third kappa shape index (κ3) is 7.14. The van der Waals surface area contributed by atoms with E-state index in [0.717, 1.165) is 5.19 Å². The lowest BCUT2D eigenvalue weighted by Crippen LogP contribution is -2.65. The molecule has 0 bridgehead atoms. The fraction of sp³-hybridized carbons (Fsp3) is 0.333. The highest BCUT2D eigenvalue weighted by Gasteiger charge is 2.50. The van der Waals surface area contributed by atoms with Crippen LogP contribution in [0.25, 0.3) is 0 Å². The minimum absolute atomic E-state index is 0.912. The van der Waals surface area contributed by atoms with E-state index in [1.165, 1.54) is 5.57 Å². The van der Waals surface area contributed by atoms with E-state index >= 15 is 0 Å². The van der Waals surface area contributed by atoms with Crippen LogP contribution in [0.5, 0.6) is 0 Å². The van der Waals surface area contributed by atoms with Gasteiger partial charge in [0.25, 0.3) is 0 Å². The van der Waals surface area contributed by atoms with Crippen LogP contribution >= 0.6 is 0 Å². The maximum absolute atomic E-state index is 6.69. The third-order valence-corrected chi connectivity index (χ3v) is 16.2. The van der Waals surface area contributed by atoms with Gasteiger partial charge in [-0.3, -0.25) is 0 Å². The van der Waals surface area contributed by atoms with E-state index in [2.05, 4.69) is 71.0 Å². The van der Waals surface area contributed by atoms with Crippen LogP contribution in [0.2, 0.25) is 26.2 Å². The number of rotatable bonds is 10. The lowest BCUT2D eigenvalue weighted by molar-refractivity contribution is 0.286. The fourth-order valence-electron chi connectivity index (χ4n) is 2.02. The summed E-state index contributed by atoms with van der Waals surface area (Å²) in [4.78, 5) is 0. The molecule has 0 spiro atoms. The summed E-state index contributed by atoms with van der Waals surface area (Å²) in [5.74, 6) is 0. The minimum atomic E-state index is -3.05. The van der Waals surface area contributed by atoms with Crippen LogP contribution in [0.1, 0.15) is 13.8 Å². The molecule has 0 amide bonds. The van der Waals surface area contributed by atoms with Crippen LogP contribution in [-0.2, 0) is 12.3 Å². The van der Waals surface area contributed by atoms with Gasteiger partial charge in [-0.1, -0.05) is 53.0 Å². The maximum atomic E-state index is 6.69. The lowest BCUT2D eigenvalue weighted by atomic mass is 10.4. The molecule has 0 radical (unpaired) electrons.